The van der Waals surface area contributed by atoms with Crippen molar-refractivity contribution in [3.8, 4) is 0 Å². The highest BCUT2D eigenvalue weighted by atomic mass is 32.2. The maximum atomic E-state index is 11.1. The van der Waals surface area contributed by atoms with Gasteiger partial charge in [0.15, 0.2) is 0 Å². The first-order valence-electron chi connectivity index (χ1n) is 6.02. The van der Waals surface area contributed by atoms with Crippen molar-refractivity contribution in [1.82, 2.24) is 10.3 Å². The molecule has 100 valence electrons. The molecule has 0 saturated carbocycles. The van der Waals surface area contributed by atoms with Crippen LogP contribution < -0.4 is 15.8 Å². The SMILES string of the molecule is NS(=O)(=O)c1ccc(NC2CCCNCC2)nc1. The van der Waals surface area contributed by atoms with Crippen LogP contribution in [0.2, 0.25) is 0 Å². The Morgan fingerprint density at radius 2 is 2.17 bits per heavy atom. The number of nitrogens with zero attached hydrogens (tertiary/aromatic N) is 1. The molecule has 1 aliphatic rings. The van der Waals surface area contributed by atoms with Gasteiger partial charge >= 0.3 is 0 Å². The summed E-state index contributed by atoms with van der Waals surface area (Å²) in [6.45, 7) is 2.04. The van der Waals surface area contributed by atoms with E-state index in [-0.39, 0.29) is 4.90 Å². The molecule has 1 fully saturated rings. The number of sulfonamides is 1. The Hall–Kier alpha value is -1.18. The van der Waals surface area contributed by atoms with Gasteiger partial charge in [0.05, 0.1) is 0 Å². The fraction of sp³-hybridized carbons (Fsp3) is 0.545. The van der Waals surface area contributed by atoms with Crippen LogP contribution in [0.15, 0.2) is 23.2 Å². The van der Waals surface area contributed by atoms with Gasteiger partial charge in [-0.3, -0.25) is 0 Å². The summed E-state index contributed by atoms with van der Waals surface area (Å²) in [5.74, 6) is 0.689. The average Bonchev–Trinajstić information content (AvgIpc) is 2.57. The van der Waals surface area contributed by atoms with Gasteiger partial charge in [-0.05, 0) is 44.5 Å². The molecule has 1 aromatic heterocycles. The van der Waals surface area contributed by atoms with Crippen molar-refractivity contribution < 1.29 is 8.42 Å². The molecule has 1 unspecified atom stereocenters. The normalized spacial score (nSPS) is 21.3. The highest BCUT2D eigenvalue weighted by molar-refractivity contribution is 7.89. The lowest BCUT2D eigenvalue weighted by Crippen LogP contribution is -2.22. The zero-order valence-corrected chi connectivity index (χ0v) is 10.9. The van der Waals surface area contributed by atoms with Gasteiger partial charge in [-0.25, -0.2) is 18.5 Å². The van der Waals surface area contributed by atoms with Gasteiger partial charge in [-0.1, -0.05) is 0 Å². The van der Waals surface area contributed by atoms with Crippen molar-refractivity contribution >= 4 is 15.8 Å². The Bertz CT molecular complexity index is 478. The molecule has 6 nitrogen and oxygen atoms in total. The Labute approximate surface area is 107 Å². The van der Waals surface area contributed by atoms with Gasteiger partial charge in [0.2, 0.25) is 10.0 Å². The molecular formula is C11H18N4O2S. The molecule has 1 saturated heterocycles. The maximum absolute atomic E-state index is 11.1. The molecule has 1 aliphatic heterocycles. The van der Waals surface area contributed by atoms with E-state index in [2.05, 4.69) is 15.6 Å². The van der Waals surface area contributed by atoms with Crippen molar-refractivity contribution in [1.29, 1.82) is 0 Å². The molecule has 0 amide bonds. The monoisotopic (exact) mass is 270 g/mol. The third-order valence-corrected chi connectivity index (χ3v) is 3.89. The summed E-state index contributed by atoms with van der Waals surface area (Å²) in [4.78, 5) is 4.12. The standard InChI is InChI=1S/C11H18N4O2S/c12-18(16,17)10-3-4-11(14-8-10)15-9-2-1-6-13-7-5-9/h3-4,8-9,13H,1-2,5-7H2,(H,14,15)(H2,12,16,17). The van der Waals surface area contributed by atoms with Gasteiger partial charge in [0, 0.05) is 12.2 Å². The molecule has 0 bridgehead atoms. The quantitative estimate of drug-likeness (QED) is 0.733. The molecule has 0 radical (unpaired) electrons. The number of anilines is 1. The van der Waals surface area contributed by atoms with E-state index in [1.807, 2.05) is 0 Å². The van der Waals surface area contributed by atoms with E-state index in [9.17, 15) is 8.42 Å². The molecule has 0 aromatic carbocycles. The Morgan fingerprint density at radius 1 is 1.33 bits per heavy atom. The van der Waals surface area contributed by atoms with Crippen LogP contribution in [-0.2, 0) is 10.0 Å². The zero-order chi connectivity index (χ0) is 13.0. The number of hydrogen-bond donors (Lipinski definition) is 3. The van der Waals surface area contributed by atoms with E-state index in [4.69, 9.17) is 5.14 Å². The summed E-state index contributed by atoms with van der Waals surface area (Å²) in [6, 6.07) is 3.50. The lowest BCUT2D eigenvalue weighted by Gasteiger charge is -2.16. The minimum atomic E-state index is -3.66. The van der Waals surface area contributed by atoms with Crippen LogP contribution >= 0.6 is 0 Å². The van der Waals surface area contributed by atoms with E-state index in [1.54, 1.807) is 6.07 Å². The molecule has 18 heavy (non-hydrogen) atoms. The average molecular weight is 270 g/mol. The highest BCUT2D eigenvalue weighted by Crippen LogP contribution is 2.14. The minimum Gasteiger partial charge on any atom is -0.367 e. The fourth-order valence-electron chi connectivity index (χ4n) is 2.01. The van der Waals surface area contributed by atoms with E-state index in [1.165, 1.54) is 12.3 Å². The number of primary sulfonamides is 1. The van der Waals surface area contributed by atoms with Crippen LogP contribution in [-0.4, -0.2) is 32.5 Å². The van der Waals surface area contributed by atoms with Crippen molar-refractivity contribution in [2.75, 3.05) is 18.4 Å². The molecular weight excluding hydrogens is 252 g/mol. The van der Waals surface area contributed by atoms with Crippen LogP contribution in [0.1, 0.15) is 19.3 Å². The fourth-order valence-corrected chi connectivity index (χ4v) is 2.46. The van der Waals surface area contributed by atoms with Crippen molar-refractivity contribution in [2.45, 2.75) is 30.2 Å². The van der Waals surface area contributed by atoms with Gasteiger partial charge < -0.3 is 10.6 Å². The van der Waals surface area contributed by atoms with Crippen LogP contribution in [0.5, 0.6) is 0 Å². The zero-order valence-electron chi connectivity index (χ0n) is 10.1. The van der Waals surface area contributed by atoms with E-state index >= 15 is 0 Å². The number of aromatic nitrogens is 1. The number of hydrogen-bond acceptors (Lipinski definition) is 5. The second-order valence-electron chi connectivity index (χ2n) is 4.45. The molecule has 2 rings (SSSR count). The smallest absolute Gasteiger partial charge is 0.239 e. The molecule has 1 atom stereocenters. The Balaban J connectivity index is 2.01. The molecule has 1 aromatic rings. The lowest BCUT2D eigenvalue weighted by molar-refractivity contribution is 0.597. The van der Waals surface area contributed by atoms with E-state index < -0.39 is 10.0 Å². The molecule has 0 spiro atoms. The number of pyridine rings is 1. The molecule has 7 heteroatoms. The van der Waals surface area contributed by atoms with Crippen molar-refractivity contribution in [3.05, 3.63) is 18.3 Å². The van der Waals surface area contributed by atoms with Crippen molar-refractivity contribution in [2.24, 2.45) is 5.14 Å². The van der Waals surface area contributed by atoms with Crippen LogP contribution in [0, 0.1) is 0 Å². The first-order chi connectivity index (χ1) is 8.55. The molecule has 0 aliphatic carbocycles. The second-order valence-corrected chi connectivity index (χ2v) is 6.01. The maximum Gasteiger partial charge on any atom is 0.239 e. The highest BCUT2D eigenvalue weighted by Gasteiger charge is 2.13. The van der Waals surface area contributed by atoms with Gasteiger partial charge in [-0.15, -0.1) is 0 Å². The molecule has 2 heterocycles. The van der Waals surface area contributed by atoms with Gasteiger partial charge in [0.25, 0.3) is 0 Å². The molecule has 4 N–H and O–H groups in total. The summed E-state index contributed by atoms with van der Waals surface area (Å²) in [7, 11) is -3.66. The minimum absolute atomic E-state index is 0.0376. The summed E-state index contributed by atoms with van der Waals surface area (Å²) >= 11 is 0. The van der Waals surface area contributed by atoms with Crippen LogP contribution in [0.3, 0.4) is 0 Å². The topological polar surface area (TPSA) is 97.1 Å². The van der Waals surface area contributed by atoms with Gasteiger partial charge in [0.1, 0.15) is 10.7 Å². The predicted molar refractivity (Wildman–Crippen MR) is 69.7 cm³/mol. The number of nitrogens with two attached hydrogens (primary N) is 1. The van der Waals surface area contributed by atoms with E-state index in [0.29, 0.717) is 11.9 Å². The Morgan fingerprint density at radius 3 is 2.83 bits per heavy atom. The summed E-state index contributed by atoms with van der Waals surface area (Å²) in [5, 5.41) is 11.7. The summed E-state index contributed by atoms with van der Waals surface area (Å²) in [5.41, 5.74) is 0. The van der Waals surface area contributed by atoms with Gasteiger partial charge in [-0.2, -0.15) is 0 Å². The predicted octanol–water partition coefficient (Wildman–Crippen LogP) is 0.283. The number of rotatable bonds is 3. The summed E-state index contributed by atoms with van der Waals surface area (Å²) < 4.78 is 22.2. The van der Waals surface area contributed by atoms with E-state index in [0.717, 1.165) is 32.4 Å². The van der Waals surface area contributed by atoms with Crippen LogP contribution in [0.4, 0.5) is 5.82 Å². The Kier molecular flexibility index (Phi) is 4.15. The van der Waals surface area contributed by atoms with Crippen LogP contribution in [0.25, 0.3) is 0 Å². The summed E-state index contributed by atoms with van der Waals surface area (Å²) in [6.07, 6.45) is 4.55. The third-order valence-electron chi connectivity index (χ3n) is 2.99. The van der Waals surface area contributed by atoms with Crippen molar-refractivity contribution in [3.63, 3.8) is 0 Å². The number of nitrogens with one attached hydrogen (secondary N) is 2. The first-order valence-corrected chi connectivity index (χ1v) is 7.56. The largest absolute Gasteiger partial charge is 0.367 e. The second kappa shape index (κ2) is 5.64. The third kappa shape index (κ3) is 3.66. The lowest BCUT2D eigenvalue weighted by atomic mass is 10.1. The first kappa shape index (κ1) is 13.3.